The molecule has 2 fully saturated rings. The molecule has 1 aliphatic carbocycles. The summed E-state index contributed by atoms with van der Waals surface area (Å²) in [6, 6.07) is 4.04. The van der Waals surface area contributed by atoms with Gasteiger partial charge in [0, 0.05) is 29.7 Å². The number of benzene rings is 1. The predicted molar refractivity (Wildman–Crippen MR) is 98.5 cm³/mol. The molecular weight excluding hydrogens is 348 g/mol. The Labute approximate surface area is 158 Å². The predicted octanol–water partition coefficient (Wildman–Crippen LogP) is 2.63. The minimum absolute atomic E-state index is 0.0275. The molecule has 1 aromatic rings. The Hall–Kier alpha value is -2.31. The summed E-state index contributed by atoms with van der Waals surface area (Å²) in [5.74, 6) is 1.54. The van der Waals surface area contributed by atoms with E-state index in [0.717, 1.165) is 24.8 Å². The van der Waals surface area contributed by atoms with E-state index in [1.54, 1.807) is 14.2 Å². The Kier molecular flexibility index (Phi) is 4.28. The Bertz CT molecular complexity index is 795. The van der Waals surface area contributed by atoms with Crippen molar-refractivity contribution in [1.82, 2.24) is 4.90 Å². The third kappa shape index (κ3) is 2.51. The molecule has 4 atom stereocenters. The van der Waals surface area contributed by atoms with Crippen LogP contribution in [0.5, 0.6) is 11.5 Å². The molecule has 3 aliphatic rings. The molecule has 7 nitrogen and oxygen atoms in total. The van der Waals surface area contributed by atoms with Gasteiger partial charge >= 0.3 is 0 Å². The van der Waals surface area contributed by atoms with E-state index in [4.69, 9.17) is 9.47 Å². The average Bonchev–Trinajstić information content (AvgIpc) is 2.98. The van der Waals surface area contributed by atoms with Crippen molar-refractivity contribution in [2.45, 2.75) is 38.1 Å². The lowest BCUT2D eigenvalue weighted by molar-refractivity contribution is -0.491. The number of fused-ring (bicyclic) bond motifs is 1. The number of nitro groups is 1. The van der Waals surface area contributed by atoms with Gasteiger partial charge < -0.3 is 14.4 Å². The molecule has 7 heteroatoms. The van der Waals surface area contributed by atoms with Crippen LogP contribution in [-0.2, 0) is 16.8 Å². The SMILES string of the molecule is COc1cc2c(cc1OC)[C@@]13C[C@H](C)[C@@H](C[N+](=O)[O-])[C@@H]1CC(=O)N3CCC2. The highest BCUT2D eigenvalue weighted by atomic mass is 16.6. The zero-order chi connectivity index (χ0) is 19.3. The molecule has 27 heavy (non-hydrogen) atoms. The molecule has 2 aliphatic heterocycles. The first-order valence-corrected chi connectivity index (χ1v) is 9.60. The number of hydrogen-bond donors (Lipinski definition) is 0. The second-order valence-electron chi connectivity index (χ2n) is 8.11. The minimum Gasteiger partial charge on any atom is -0.493 e. The van der Waals surface area contributed by atoms with E-state index in [1.807, 2.05) is 17.0 Å². The van der Waals surface area contributed by atoms with Gasteiger partial charge in [-0.25, -0.2) is 0 Å². The Morgan fingerprint density at radius 2 is 2.00 bits per heavy atom. The monoisotopic (exact) mass is 374 g/mol. The molecule has 0 unspecified atom stereocenters. The van der Waals surface area contributed by atoms with Crippen LogP contribution in [0.1, 0.15) is 37.3 Å². The first-order chi connectivity index (χ1) is 12.9. The van der Waals surface area contributed by atoms with E-state index in [1.165, 1.54) is 5.56 Å². The highest BCUT2D eigenvalue weighted by Crippen LogP contribution is 2.61. The molecule has 4 rings (SSSR count). The molecule has 146 valence electrons. The summed E-state index contributed by atoms with van der Waals surface area (Å²) in [6.07, 6.45) is 2.92. The second-order valence-corrected chi connectivity index (χ2v) is 8.11. The van der Waals surface area contributed by atoms with E-state index < -0.39 is 5.54 Å². The standard InChI is InChI=1S/C20H26N2O5/c1-12-10-20-15-8-18(27-3)17(26-2)7-13(15)5-4-6-21(20)19(23)9-16(20)14(12)11-22(24)25/h7-8,12,14,16H,4-6,9-11H2,1-3H3/t12-,14+,16-,20-/m0/s1. The number of carbonyl (C=O) groups is 1. The Balaban J connectivity index is 1.90. The van der Waals surface area contributed by atoms with Crippen LogP contribution in [0, 0.1) is 27.9 Å². The lowest BCUT2D eigenvalue weighted by Gasteiger charge is -2.39. The number of nitrogens with zero attached hydrogens (tertiary/aromatic N) is 2. The number of carbonyl (C=O) groups excluding carboxylic acids is 1. The van der Waals surface area contributed by atoms with Crippen LogP contribution in [0.15, 0.2) is 12.1 Å². The van der Waals surface area contributed by atoms with Crippen LogP contribution in [0.4, 0.5) is 0 Å². The van der Waals surface area contributed by atoms with Gasteiger partial charge in [0.05, 0.1) is 19.8 Å². The Morgan fingerprint density at radius 3 is 2.67 bits per heavy atom. The van der Waals surface area contributed by atoms with Crippen molar-refractivity contribution in [3.8, 4) is 11.5 Å². The number of ether oxygens (including phenoxy) is 2. The fourth-order valence-corrected chi connectivity index (χ4v) is 5.91. The molecule has 0 aromatic heterocycles. The minimum atomic E-state index is -0.456. The number of hydrogen-bond acceptors (Lipinski definition) is 5. The third-order valence-corrected chi connectivity index (χ3v) is 6.94. The normalized spacial score (nSPS) is 31.7. The van der Waals surface area contributed by atoms with Crippen molar-refractivity contribution in [2.24, 2.45) is 17.8 Å². The fourth-order valence-electron chi connectivity index (χ4n) is 5.91. The number of amides is 1. The lowest BCUT2D eigenvalue weighted by atomic mass is 9.76. The summed E-state index contributed by atoms with van der Waals surface area (Å²) >= 11 is 0. The van der Waals surface area contributed by atoms with E-state index in [-0.39, 0.29) is 35.1 Å². The van der Waals surface area contributed by atoms with Crippen LogP contribution in [0.25, 0.3) is 0 Å². The van der Waals surface area contributed by atoms with Crippen molar-refractivity contribution < 1.29 is 19.2 Å². The molecule has 1 spiro atoms. The van der Waals surface area contributed by atoms with Crippen molar-refractivity contribution in [3.05, 3.63) is 33.4 Å². The molecule has 0 bridgehead atoms. The maximum absolute atomic E-state index is 12.9. The van der Waals surface area contributed by atoms with Gasteiger partial charge in [-0.05, 0) is 48.4 Å². The van der Waals surface area contributed by atoms with Crippen LogP contribution in [0.2, 0.25) is 0 Å². The summed E-state index contributed by atoms with van der Waals surface area (Å²) in [4.78, 5) is 26.0. The van der Waals surface area contributed by atoms with Gasteiger partial charge in [-0.2, -0.15) is 0 Å². The van der Waals surface area contributed by atoms with Crippen molar-refractivity contribution >= 4 is 5.91 Å². The topological polar surface area (TPSA) is 81.9 Å². The van der Waals surface area contributed by atoms with Gasteiger partial charge in [-0.3, -0.25) is 14.9 Å². The van der Waals surface area contributed by atoms with Gasteiger partial charge in [0.15, 0.2) is 11.5 Å². The van der Waals surface area contributed by atoms with Gasteiger partial charge in [-0.15, -0.1) is 0 Å². The molecule has 1 amide bonds. The molecule has 1 saturated carbocycles. The van der Waals surface area contributed by atoms with E-state index in [2.05, 4.69) is 6.92 Å². The summed E-state index contributed by atoms with van der Waals surface area (Å²) in [6.45, 7) is 2.72. The van der Waals surface area contributed by atoms with Crippen molar-refractivity contribution in [2.75, 3.05) is 27.3 Å². The average molecular weight is 374 g/mol. The van der Waals surface area contributed by atoms with E-state index in [0.29, 0.717) is 24.5 Å². The molecule has 0 radical (unpaired) electrons. The second kappa shape index (κ2) is 6.39. The smallest absolute Gasteiger partial charge is 0.223 e. The molecular formula is C20H26N2O5. The first-order valence-electron chi connectivity index (χ1n) is 9.60. The summed E-state index contributed by atoms with van der Waals surface area (Å²) < 4.78 is 11.0. The van der Waals surface area contributed by atoms with Crippen molar-refractivity contribution in [1.29, 1.82) is 0 Å². The summed E-state index contributed by atoms with van der Waals surface area (Å²) in [5.41, 5.74) is 1.82. The molecule has 0 N–H and O–H groups in total. The van der Waals surface area contributed by atoms with E-state index >= 15 is 0 Å². The zero-order valence-corrected chi connectivity index (χ0v) is 16.1. The summed E-state index contributed by atoms with van der Waals surface area (Å²) in [5, 5.41) is 11.3. The zero-order valence-electron chi connectivity index (χ0n) is 16.1. The van der Waals surface area contributed by atoms with Crippen LogP contribution >= 0.6 is 0 Å². The van der Waals surface area contributed by atoms with Gasteiger partial charge in [0.1, 0.15) is 0 Å². The maximum atomic E-state index is 12.9. The van der Waals surface area contributed by atoms with Gasteiger partial charge in [0.2, 0.25) is 12.5 Å². The number of aryl methyl sites for hydroxylation is 1. The number of methoxy groups -OCH3 is 2. The van der Waals surface area contributed by atoms with Crippen LogP contribution in [0.3, 0.4) is 0 Å². The molecule has 1 saturated heterocycles. The third-order valence-electron chi connectivity index (χ3n) is 6.94. The van der Waals surface area contributed by atoms with E-state index in [9.17, 15) is 14.9 Å². The molecule has 2 heterocycles. The van der Waals surface area contributed by atoms with Crippen LogP contribution < -0.4 is 9.47 Å². The van der Waals surface area contributed by atoms with Crippen LogP contribution in [-0.4, -0.2) is 43.0 Å². The quantitative estimate of drug-likeness (QED) is 0.598. The lowest BCUT2D eigenvalue weighted by Crippen LogP contribution is -2.45. The summed E-state index contributed by atoms with van der Waals surface area (Å²) in [7, 11) is 3.23. The fraction of sp³-hybridized carbons (Fsp3) is 0.650. The molecule has 1 aromatic carbocycles. The maximum Gasteiger partial charge on any atom is 0.223 e. The largest absolute Gasteiger partial charge is 0.493 e. The van der Waals surface area contributed by atoms with Gasteiger partial charge in [0.25, 0.3) is 0 Å². The van der Waals surface area contributed by atoms with Crippen molar-refractivity contribution in [3.63, 3.8) is 0 Å². The highest BCUT2D eigenvalue weighted by Gasteiger charge is 2.63. The number of rotatable bonds is 4. The van der Waals surface area contributed by atoms with Gasteiger partial charge in [-0.1, -0.05) is 6.92 Å². The highest BCUT2D eigenvalue weighted by molar-refractivity contribution is 5.81. The first kappa shape index (κ1) is 18.1. The Morgan fingerprint density at radius 1 is 1.30 bits per heavy atom.